The maximum absolute atomic E-state index is 13.9. The van der Waals surface area contributed by atoms with Crippen LogP contribution in [0.5, 0.6) is 0 Å². The van der Waals surface area contributed by atoms with Crippen molar-refractivity contribution < 1.29 is 22.0 Å². The van der Waals surface area contributed by atoms with E-state index in [4.69, 9.17) is 0 Å². The van der Waals surface area contributed by atoms with Crippen LogP contribution in [0.25, 0.3) is 0 Å². The van der Waals surface area contributed by atoms with E-state index in [0.29, 0.717) is 31.0 Å². The Morgan fingerprint density at radius 1 is 1.23 bits per heavy atom. The Balaban J connectivity index is 2.08. The molecule has 0 radical (unpaired) electrons. The minimum atomic E-state index is -4.21. The molecule has 0 saturated heterocycles. The van der Waals surface area contributed by atoms with E-state index in [1.807, 2.05) is 0 Å². The number of aryl methyl sites for hydroxylation is 1. The molecule has 0 bridgehead atoms. The molecular weight excluding hydrogens is 362 g/mol. The van der Waals surface area contributed by atoms with Gasteiger partial charge in [-0.05, 0) is 42.7 Å². The summed E-state index contributed by atoms with van der Waals surface area (Å²) in [5.74, 6) is -2.26. The summed E-state index contributed by atoms with van der Waals surface area (Å²) in [6, 6.07) is 7.20. The van der Waals surface area contributed by atoms with Crippen LogP contribution in [0, 0.1) is 11.6 Å². The maximum Gasteiger partial charge on any atom is 0.264 e. The van der Waals surface area contributed by atoms with Crippen molar-refractivity contribution in [3.05, 3.63) is 66.3 Å². The average molecular weight is 378 g/mol. The van der Waals surface area contributed by atoms with Crippen LogP contribution >= 0.6 is 0 Å². The average Bonchev–Trinajstić information content (AvgIpc) is 2.62. The van der Waals surface area contributed by atoms with E-state index in [2.05, 4.69) is 11.3 Å². The van der Waals surface area contributed by atoms with Crippen LogP contribution in [0.4, 0.5) is 20.2 Å². The molecule has 8 heteroatoms. The quantitative estimate of drug-likeness (QED) is 0.831. The Bertz CT molecular complexity index is 990. The van der Waals surface area contributed by atoms with Crippen molar-refractivity contribution in [2.24, 2.45) is 0 Å². The first-order valence-electron chi connectivity index (χ1n) is 7.87. The second kappa shape index (κ2) is 6.87. The lowest BCUT2D eigenvalue weighted by atomic mass is 10.0. The van der Waals surface area contributed by atoms with E-state index in [0.717, 1.165) is 18.2 Å². The lowest BCUT2D eigenvalue weighted by molar-refractivity contribution is -0.114. The van der Waals surface area contributed by atoms with Crippen molar-refractivity contribution in [3.8, 4) is 0 Å². The Kier molecular flexibility index (Phi) is 4.78. The summed E-state index contributed by atoms with van der Waals surface area (Å²) in [6.07, 6.45) is 2.42. The standard InChI is InChI=1S/C18H16F2N2O3S/c1-2-17(23)22-10-4-6-12-5-3-7-16(18(12)22)26(24,25)21-15-9-8-13(19)11-14(15)20/h2-3,5,7-9,11,21H,1,4,6,10H2. The molecule has 1 N–H and O–H groups in total. The van der Waals surface area contributed by atoms with Crippen LogP contribution in [0.1, 0.15) is 12.0 Å². The number of sulfonamides is 1. The number of benzene rings is 2. The highest BCUT2D eigenvalue weighted by Gasteiger charge is 2.29. The first-order valence-corrected chi connectivity index (χ1v) is 9.35. The zero-order chi connectivity index (χ0) is 18.9. The number of anilines is 2. The molecule has 1 aliphatic heterocycles. The normalized spacial score (nSPS) is 13.8. The number of nitrogens with zero attached hydrogens (tertiary/aromatic N) is 1. The zero-order valence-electron chi connectivity index (χ0n) is 13.7. The first-order chi connectivity index (χ1) is 12.3. The Hall–Kier alpha value is -2.74. The minimum Gasteiger partial charge on any atom is -0.307 e. The van der Waals surface area contributed by atoms with Crippen molar-refractivity contribution in [1.29, 1.82) is 0 Å². The third-order valence-corrected chi connectivity index (χ3v) is 5.48. The molecule has 5 nitrogen and oxygen atoms in total. The molecule has 0 unspecified atom stereocenters. The molecule has 3 rings (SSSR count). The first kappa shape index (κ1) is 18.1. The van der Waals surface area contributed by atoms with Gasteiger partial charge in [0.25, 0.3) is 10.0 Å². The van der Waals surface area contributed by atoms with Crippen LogP contribution in [-0.4, -0.2) is 20.9 Å². The van der Waals surface area contributed by atoms with Gasteiger partial charge >= 0.3 is 0 Å². The van der Waals surface area contributed by atoms with Crippen molar-refractivity contribution in [1.82, 2.24) is 0 Å². The molecule has 136 valence electrons. The molecule has 0 atom stereocenters. The Labute approximate surface area is 150 Å². The lowest BCUT2D eigenvalue weighted by Gasteiger charge is -2.30. The summed E-state index contributed by atoms with van der Waals surface area (Å²) in [5.41, 5.74) is 0.592. The third-order valence-electron chi connectivity index (χ3n) is 4.09. The molecule has 2 aromatic carbocycles. The van der Waals surface area contributed by atoms with Crippen LogP contribution in [-0.2, 0) is 21.2 Å². The molecule has 26 heavy (non-hydrogen) atoms. The molecule has 0 spiro atoms. The number of rotatable bonds is 4. The van der Waals surface area contributed by atoms with Gasteiger partial charge in [-0.2, -0.15) is 0 Å². The SMILES string of the molecule is C=CC(=O)N1CCCc2cccc(S(=O)(=O)Nc3ccc(F)cc3F)c21. The van der Waals surface area contributed by atoms with E-state index in [9.17, 15) is 22.0 Å². The summed E-state index contributed by atoms with van der Waals surface area (Å²) >= 11 is 0. The number of amides is 1. The van der Waals surface area contributed by atoms with Gasteiger partial charge in [0.15, 0.2) is 0 Å². The van der Waals surface area contributed by atoms with Gasteiger partial charge in [0.05, 0.1) is 11.4 Å². The van der Waals surface area contributed by atoms with Crippen molar-refractivity contribution in [3.63, 3.8) is 0 Å². The molecule has 0 aromatic heterocycles. The van der Waals surface area contributed by atoms with E-state index >= 15 is 0 Å². The van der Waals surface area contributed by atoms with Gasteiger partial charge in [-0.1, -0.05) is 18.7 Å². The second-order valence-corrected chi connectivity index (χ2v) is 7.44. The van der Waals surface area contributed by atoms with E-state index < -0.39 is 27.6 Å². The van der Waals surface area contributed by atoms with Gasteiger partial charge in [0.2, 0.25) is 5.91 Å². The molecule has 1 aliphatic rings. The summed E-state index contributed by atoms with van der Waals surface area (Å²) < 4.78 is 54.7. The third kappa shape index (κ3) is 3.32. The minimum absolute atomic E-state index is 0.145. The molecule has 0 saturated carbocycles. The fourth-order valence-electron chi connectivity index (χ4n) is 2.93. The van der Waals surface area contributed by atoms with Crippen LogP contribution in [0.3, 0.4) is 0 Å². The van der Waals surface area contributed by atoms with Gasteiger partial charge in [0, 0.05) is 12.6 Å². The molecule has 0 aliphatic carbocycles. The zero-order valence-corrected chi connectivity index (χ0v) is 14.5. The number of hydrogen-bond donors (Lipinski definition) is 1. The fraction of sp³-hybridized carbons (Fsp3) is 0.167. The summed E-state index contributed by atoms with van der Waals surface area (Å²) in [5, 5.41) is 0. The molecule has 1 heterocycles. The fourth-order valence-corrected chi connectivity index (χ4v) is 4.25. The van der Waals surface area contributed by atoms with Gasteiger partial charge < -0.3 is 4.90 Å². The van der Waals surface area contributed by atoms with E-state index in [1.165, 1.54) is 11.0 Å². The molecule has 0 fully saturated rings. The van der Waals surface area contributed by atoms with Crippen LogP contribution < -0.4 is 9.62 Å². The number of nitrogens with one attached hydrogen (secondary N) is 1. The van der Waals surface area contributed by atoms with Crippen LogP contribution in [0.2, 0.25) is 0 Å². The van der Waals surface area contributed by atoms with Crippen molar-refractivity contribution in [2.45, 2.75) is 17.7 Å². The van der Waals surface area contributed by atoms with E-state index in [1.54, 1.807) is 12.1 Å². The Morgan fingerprint density at radius 3 is 2.69 bits per heavy atom. The Morgan fingerprint density at radius 2 is 2.00 bits per heavy atom. The van der Waals surface area contributed by atoms with Gasteiger partial charge in [0.1, 0.15) is 16.5 Å². The predicted molar refractivity (Wildman–Crippen MR) is 94.5 cm³/mol. The topological polar surface area (TPSA) is 66.5 Å². The lowest BCUT2D eigenvalue weighted by Crippen LogP contribution is -2.35. The molecule has 1 amide bonds. The summed E-state index contributed by atoms with van der Waals surface area (Å²) in [6.45, 7) is 3.80. The van der Waals surface area contributed by atoms with Gasteiger partial charge in [-0.15, -0.1) is 0 Å². The maximum atomic E-state index is 13.9. The number of halogens is 2. The second-order valence-electron chi connectivity index (χ2n) is 5.79. The number of para-hydroxylation sites is 1. The van der Waals surface area contributed by atoms with Gasteiger partial charge in [-0.3, -0.25) is 9.52 Å². The van der Waals surface area contributed by atoms with Crippen molar-refractivity contribution in [2.75, 3.05) is 16.2 Å². The highest BCUT2D eigenvalue weighted by Crippen LogP contribution is 2.35. The van der Waals surface area contributed by atoms with E-state index in [-0.39, 0.29) is 16.3 Å². The largest absolute Gasteiger partial charge is 0.307 e. The van der Waals surface area contributed by atoms with Crippen LogP contribution in [0.15, 0.2) is 53.9 Å². The number of hydrogen-bond acceptors (Lipinski definition) is 3. The summed E-state index contributed by atoms with van der Waals surface area (Å²) in [4.78, 5) is 13.4. The number of carbonyl (C=O) groups excluding carboxylic acids is 1. The number of carbonyl (C=O) groups is 1. The molecular formula is C18H16F2N2O3S. The molecule has 2 aromatic rings. The summed E-state index contributed by atoms with van der Waals surface area (Å²) in [7, 11) is -4.21. The highest BCUT2D eigenvalue weighted by atomic mass is 32.2. The number of fused-ring (bicyclic) bond motifs is 1. The highest BCUT2D eigenvalue weighted by molar-refractivity contribution is 7.92. The monoisotopic (exact) mass is 378 g/mol. The predicted octanol–water partition coefficient (Wildman–Crippen LogP) is 3.23. The smallest absolute Gasteiger partial charge is 0.264 e. The van der Waals surface area contributed by atoms with Crippen molar-refractivity contribution >= 4 is 27.3 Å². The van der Waals surface area contributed by atoms with Gasteiger partial charge in [-0.25, -0.2) is 17.2 Å².